The van der Waals surface area contributed by atoms with Gasteiger partial charge in [0.25, 0.3) is 0 Å². The Labute approximate surface area is 130 Å². The predicted molar refractivity (Wildman–Crippen MR) is 88.5 cm³/mol. The highest BCUT2D eigenvalue weighted by Crippen LogP contribution is 2.40. The van der Waals surface area contributed by atoms with Gasteiger partial charge in [-0.3, -0.25) is 0 Å². The second kappa shape index (κ2) is 5.51. The highest BCUT2D eigenvalue weighted by atomic mass is 32.2. The van der Waals surface area contributed by atoms with Crippen molar-refractivity contribution >= 4 is 11.2 Å². The SMILES string of the molecule is CC(C)c1cc2c(c(C(C)C)c1)[S+]([O-])c1ccccc1C2. The molecule has 1 heterocycles. The summed E-state index contributed by atoms with van der Waals surface area (Å²) in [6, 6.07) is 12.7. The molecule has 21 heavy (non-hydrogen) atoms. The monoisotopic (exact) mass is 298 g/mol. The van der Waals surface area contributed by atoms with Crippen molar-refractivity contribution in [1.82, 2.24) is 0 Å². The van der Waals surface area contributed by atoms with Crippen molar-refractivity contribution in [1.29, 1.82) is 0 Å². The minimum absolute atomic E-state index is 0.395. The fourth-order valence-corrected chi connectivity index (χ4v) is 4.68. The van der Waals surface area contributed by atoms with E-state index < -0.39 is 11.2 Å². The van der Waals surface area contributed by atoms with E-state index in [0.717, 1.165) is 16.2 Å². The van der Waals surface area contributed by atoms with E-state index in [1.165, 1.54) is 22.3 Å². The molecular formula is C19H22OS. The first-order valence-electron chi connectivity index (χ1n) is 7.65. The topological polar surface area (TPSA) is 23.1 Å². The molecule has 2 heteroatoms. The third-order valence-corrected chi connectivity index (χ3v) is 5.91. The van der Waals surface area contributed by atoms with E-state index in [4.69, 9.17) is 0 Å². The van der Waals surface area contributed by atoms with Gasteiger partial charge in [-0.2, -0.15) is 0 Å². The van der Waals surface area contributed by atoms with Crippen molar-refractivity contribution in [2.75, 3.05) is 0 Å². The Bertz CT molecular complexity index is 673. The molecule has 1 unspecified atom stereocenters. The summed E-state index contributed by atoms with van der Waals surface area (Å²) in [5.74, 6) is 0.894. The molecule has 3 rings (SSSR count). The molecule has 0 saturated carbocycles. The third kappa shape index (κ3) is 2.51. The van der Waals surface area contributed by atoms with Crippen LogP contribution in [-0.2, 0) is 17.6 Å². The first-order valence-corrected chi connectivity index (χ1v) is 8.80. The van der Waals surface area contributed by atoms with Gasteiger partial charge in [-0.1, -0.05) is 58.0 Å². The van der Waals surface area contributed by atoms with Crippen LogP contribution in [-0.4, -0.2) is 4.55 Å². The van der Waals surface area contributed by atoms with Crippen molar-refractivity contribution in [2.45, 2.75) is 55.7 Å². The van der Waals surface area contributed by atoms with Crippen LogP contribution in [0.4, 0.5) is 0 Å². The lowest BCUT2D eigenvalue weighted by Gasteiger charge is -2.26. The third-order valence-electron chi connectivity index (χ3n) is 4.24. The van der Waals surface area contributed by atoms with E-state index in [0.29, 0.717) is 11.8 Å². The molecule has 0 N–H and O–H groups in total. The normalized spacial score (nSPS) is 17.0. The summed E-state index contributed by atoms with van der Waals surface area (Å²) in [5.41, 5.74) is 5.07. The molecule has 1 aliphatic heterocycles. The highest BCUT2D eigenvalue weighted by molar-refractivity contribution is 7.91. The smallest absolute Gasteiger partial charge is 0.165 e. The van der Waals surface area contributed by atoms with Crippen LogP contribution in [0.1, 0.15) is 61.8 Å². The zero-order valence-electron chi connectivity index (χ0n) is 13.1. The van der Waals surface area contributed by atoms with Gasteiger partial charge in [0.1, 0.15) is 0 Å². The van der Waals surface area contributed by atoms with Gasteiger partial charge in [0.15, 0.2) is 9.79 Å². The van der Waals surface area contributed by atoms with E-state index in [1.807, 2.05) is 18.2 Å². The van der Waals surface area contributed by atoms with Gasteiger partial charge in [0.2, 0.25) is 0 Å². The first kappa shape index (κ1) is 14.7. The molecule has 0 aliphatic carbocycles. The van der Waals surface area contributed by atoms with E-state index in [-0.39, 0.29) is 0 Å². The molecule has 0 aromatic heterocycles. The van der Waals surface area contributed by atoms with Crippen LogP contribution in [0.5, 0.6) is 0 Å². The summed E-state index contributed by atoms with van der Waals surface area (Å²) in [6.07, 6.45) is 0.900. The molecule has 1 aliphatic rings. The van der Waals surface area contributed by atoms with Crippen LogP contribution in [0.2, 0.25) is 0 Å². The van der Waals surface area contributed by atoms with Crippen molar-refractivity contribution in [2.24, 2.45) is 0 Å². The first-order chi connectivity index (χ1) is 9.99. The summed E-state index contributed by atoms with van der Waals surface area (Å²) < 4.78 is 13.0. The Kier molecular flexibility index (Phi) is 3.85. The Morgan fingerprint density at radius 2 is 1.67 bits per heavy atom. The molecule has 1 atom stereocenters. The summed E-state index contributed by atoms with van der Waals surface area (Å²) in [6.45, 7) is 8.83. The van der Waals surface area contributed by atoms with Gasteiger partial charge in [-0.05, 0) is 23.5 Å². The van der Waals surface area contributed by atoms with Crippen LogP contribution in [0.25, 0.3) is 0 Å². The Balaban J connectivity index is 2.22. The lowest BCUT2D eigenvalue weighted by Crippen LogP contribution is -2.18. The second-order valence-corrected chi connectivity index (χ2v) is 7.85. The van der Waals surface area contributed by atoms with E-state index in [2.05, 4.69) is 45.9 Å². The average Bonchev–Trinajstić information content (AvgIpc) is 2.46. The summed E-state index contributed by atoms with van der Waals surface area (Å²) >= 11 is -1.04. The number of hydrogen-bond donors (Lipinski definition) is 0. The van der Waals surface area contributed by atoms with Crippen molar-refractivity contribution < 1.29 is 4.55 Å². The summed E-state index contributed by atoms with van der Waals surface area (Å²) in [4.78, 5) is 2.05. The lowest BCUT2D eigenvalue weighted by molar-refractivity contribution is 0.587. The van der Waals surface area contributed by atoms with Gasteiger partial charge in [-0.25, -0.2) is 0 Å². The van der Waals surface area contributed by atoms with Gasteiger partial charge in [-0.15, -0.1) is 0 Å². The van der Waals surface area contributed by atoms with E-state index in [9.17, 15) is 4.55 Å². The molecule has 2 aromatic rings. The number of benzene rings is 2. The largest absolute Gasteiger partial charge is 0.606 e. The Morgan fingerprint density at radius 3 is 2.33 bits per heavy atom. The summed E-state index contributed by atoms with van der Waals surface area (Å²) in [7, 11) is 0. The van der Waals surface area contributed by atoms with Gasteiger partial charge in [0, 0.05) is 34.3 Å². The molecular weight excluding hydrogens is 276 g/mol. The molecule has 110 valence electrons. The van der Waals surface area contributed by atoms with Crippen molar-refractivity contribution in [3.63, 3.8) is 0 Å². The maximum Gasteiger partial charge on any atom is 0.165 e. The summed E-state index contributed by atoms with van der Waals surface area (Å²) in [5, 5.41) is 0. The van der Waals surface area contributed by atoms with Crippen LogP contribution in [0, 0.1) is 0 Å². The molecule has 0 bridgehead atoms. The molecule has 0 fully saturated rings. The van der Waals surface area contributed by atoms with Crippen LogP contribution in [0.3, 0.4) is 0 Å². The van der Waals surface area contributed by atoms with Gasteiger partial charge >= 0.3 is 0 Å². The molecule has 0 saturated heterocycles. The minimum Gasteiger partial charge on any atom is -0.606 e. The zero-order valence-corrected chi connectivity index (χ0v) is 14.0. The van der Waals surface area contributed by atoms with Crippen LogP contribution < -0.4 is 0 Å². The molecule has 0 amide bonds. The maximum atomic E-state index is 13.0. The fraction of sp³-hybridized carbons (Fsp3) is 0.368. The fourth-order valence-electron chi connectivity index (χ4n) is 3.00. The molecule has 2 aromatic carbocycles. The number of rotatable bonds is 2. The number of hydrogen-bond acceptors (Lipinski definition) is 1. The standard InChI is InChI=1S/C19H22OS/c1-12(2)15-10-16-9-14-7-5-6-8-18(14)21(20)19(16)17(11-15)13(3)4/h5-8,10-13H,9H2,1-4H3. The predicted octanol–water partition coefficient (Wildman–Crippen LogP) is 5.00. The Morgan fingerprint density at radius 1 is 0.952 bits per heavy atom. The number of fused-ring (bicyclic) bond motifs is 2. The molecule has 0 spiro atoms. The minimum atomic E-state index is -1.04. The lowest BCUT2D eigenvalue weighted by atomic mass is 9.90. The average molecular weight is 298 g/mol. The molecule has 0 radical (unpaired) electrons. The second-order valence-electron chi connectivity index (χ2n) is 6.46. The van der Waals surface area contributed by atoms with Gasteiger partial charge < -0.3 is 4.55 Å². The van der Waals surface area contributed by atoms with E-state index >= 15 is 0 Å². The van der Waals surface area contributed by atoms with Gasteiger partial charge in [0.05, 0.1) is 0 Å². The van der Waals surface area contributed by atoms with Crippen LogP contribution in [0.15, 0.2) is 46.2 Å². The molecule has 1 nitrogen and oxygen atoms in total. The zero-order chi connectivity index (χ0) is 15.1. The quantitative estimate of drug-likeness (QED) is 0.715. The van der Waals surface area contributed by atoms with Crippen molar-refractivity contribution in [3.05, 3.63) is 58.7 Å². The van der Waals surface area contributed by atoms with Crippen LogP contribution >= 0.6 is 0 Å². The van der Waals surface area contributed by atoms with Crippen molar-refractivity contribution in [3.8, 4) is 0 Å². The Hall–Kier alpha value is -1.25. The maximum absolute atomic E-state index is 13.0. The highest BCUT2D eigenvalue weighted by Gasteiger charge is 2.32. The van der Waals surface area contributed by atoms with E-state index in [1.54, 1.807) is 0 Å².